The molecule has 0 spiro atoms. The molecule has 0 aromatic heterocycles. The summed E-state index contributed by atoms with van der Waals surface area (Å²) in [6.07, 6.45) is 10.9. The van der Waals surface area contributed by atoms with E-state index in [1.807, 2.05) is 24.3 Å². The van der Waals surface area contributed by atoms with E-state index in [1.54, 1.807) is 0 Å². The topological polar surface area (TPSA) is 15.3 Å². The van der Waals surface area contributed by atoms with Gasteiger partial charge in [-0.3, -0.25) is 4.90 Å². The lowest BCUT2D eigenvalue weighted by Crippen LogP contribution is -2.66. The van der Waals surface area contributed by atoms with Gasteiger partial charge in [-0.15, -0.1) is 26.3 Å². The molecule has 1 fully saturated rings. The fourth-order valence-corrected chi connectivity index (χ4v) is 3.03. The normalized spacial score (nSPS) is 23.2. The highest BCUT2D eigenvalue weighted by molar-refractivity contribution is 5.11. The molecule has 0 bridgehead atoms. The predicted molar refractivity (Wildman–Crippen MR) is 80.7 cm³/mol. The van der Waals surface area contributed by atoms with Gasteiger partial charge in [0, 0.05) is 31.2 Å². The molecule has 2 heteroatoms. The van der Waals surface area contributed by atoms with Gasteiger partial charge in [-0.05, 0) is 19.3 Å². The van der Waals surface area contributed by atoms with E-state index in [0.717, 1.165) is 38.9 Å². The Balaban J connectivity index is 3.06. The van der Waals surface area contributed by atoms with Gasteiger partial charge in [0.25, 0.3) is 0 Å². The monoisotopic (exact) mass is 246 g/mol. The van der Waals surface area contributed by atoms with Crippen molar-refractivity contribution in [1.29, 1.82) is 0 Å². The SMILES string of the molecule is C=CCC1NCCN(CC=C)C1(CC=C)CC=C. The number of hydrogen-bond acceptors (Lipinski definition) is 2. The molecule has 1 rings (SSSR count). The number of piperazine rings is 1. The van der Waals surface area contributed by atoms with Crippen molar-refractivity contribution in [1.82, 2.24) is 10.2 Å². The van der Waals surface area contributed by atoms with E-state index < -0.39 is 0 Å². The minimum atomic E-state index is 0.0597. The van der Waals surface area contributed by atoms with E-state index in [0.29, 0.717) is 6.04 Å². The average molecular weight is 246 g/mol. The molecule has 1 N–H and O–H groups in total. The minimum Gasteiger partial charge on any atom is -0.311 e. The van der Waals surface area contributed by atoms with E-state index in [4.69, 9.17) is 0 Å². The van der Waals surface area contributed by atoms with Gasteiger partial charge in [0.15, 0.2) is 0 Å². The third kappa shape index (κ3) is 3.01. The van der Waals surface area contributed by atoms with Gasteiger partial charge in [0.1, 0.15) is 0 Å². The molecule has 2 nitrogen and oxygen atoms in total. The van der Waals surface area contributed by atoms with Gasteiger partial charge < -0.3 is 5.32 Å². The molecule has 1 aliphatic rings. The zero-order valence-corrected chi connectivity index (χ0v) is 11.4. The lowest BCUT2D eigenvalue weighted by atomic mass is 9.78. The standard InChI is InChI=1S/C16H26N2/c1-5-9-15-16(10-6-2,11-7-3)18(13-8-4)14-12-17-15/h5-8,15,17H,1-4,9-14H2. The van der Waals surface area contributed by atoms with Gasteiger partial charge in [-0.25, -0.2) is 0 Å². The third-order valence-electron chi connectivity index (χ3n) is 3.80. The Bertz CT molecular complexity index is 276. The highest BCUT2D eigenvalue weighted by Crippen LogP contribution is 2.33. The molecule has 0 aromatic carbocycles. The Morgan fingerprint density at radius 3 is 2.22 bits per heavy atom. The van der Waals surface area contributed by atoms with Crippen LogP contribution in [0.5, 0.6) is 0 Å². The maximum Gasteiger partial charge on any atom is 0.0437 e. The number of hydrogen-bond donors (Lipinski definition) is 1. The molecule has 1 saturated heterocycles. The van der Waals surface area contributed by atoms with Crippen LogP contribution in [0.4, 0.5) is 0 Å². The molecule has 1 unspecified atom stereocenters. The van der Waals surface area contributed by atoms with E-state index in [2.05, 4.69) is 36.5 Å². The largest absolute Gasteiger partial charge is 0.311 e. The summed E-state index contributed by atoms with van der Waals surface area (Å²) in [5.41, 5.74) is 0.0597. The van der Waals surface area contributed by atoms with Crippen molar-refractivity contribution >= 4 is 0 Å². The van der Waals surface area contributed by atoms with Crippen molar-refractivity contribution in [2.24, 2.45) is 0 Å². The first-order valence-electron chi connectivity index (χ1n) is 6.67. The molecule has 1 heterocycles. The van der Waals surface area contributed by atoms with E-state index >= 15 is 0 Å². The number of nitrogens with zero attached hydrogens (tertiary/aromatic N) is 1. The van der Waals surface area contributed by atoms with Crippen molar-refractivity contribution < 1.29 is 0 Å². The fourth-order valence-electron chi connectivity index (χ4n) is 3.03. The second-order valence-electron chi connectivity index (χ2n) is 4.85. The third-order valence-corrected chi connectivity index (χ3v) is 3.80. The Morgan fingerprint density at radius 1 is 1.06 bits per heavy atom. The van der Waals surface area contributed by atoms with Crippen molar-refractivity contribution in [2.75, 3.05) is 19.6 Å². The van der Waals surface area contributed by atoms with Crippen LogP contribution < -0.4 is 5.32 Å². The summed E-state index contributed by atoms with van der Waals surface area (Å²) >= 11 is 0. The predicted octanol–water partition coefficient (Wildman–Crippen LogP) is 2.91. The van der Waals surface area contributed by atoms with Gasteiger partial charge in [0.2, 0.25) is 0 Å². The Hall–Kier alpha value is -1.12. The molecule has 0 aromatic rings. The molecule has 1 atom stereocenters. The van der Waals surface area contributed by atoms with Crippen LogP contribution >= 0.6 is 0 Å². The smallest absolute Gasteiger partial charge is 0.0437 e. The zero-order chi connectivity index (χ0) is 13.4. The van der Waals surface area contributed by atoms with E-state index in [9.17, 15) is 0 Å². The molecule has 18 heavy (non-hydrogen) atoms. The highest BCUT2D eigenvalue weighted by atomic mass is 15.3. The summed E-state index contributed by atoms with van der Waals surface area (Å²) in [7, 11) is 0. The van der Waals surface area contributed by atoms with Crippen LogP contribution in [-0.4, -0.2) is 36.1 Å². The Labute approximate surface area is 112 Å². The van der Waals surface area contributed by atoms with Crippen LogP contribution in [0.3, 0.4) is 0 Å². The second kappa shape index (κ2) is 7.34. The average Bonchev–Trinajstić information content (AvgIpc) is 2.35. The van der Waals surface area contributed by atoms with Crippen molar-refractivity contribution in [3.05, 3.63) is 50.6 Å². The second-order valence-corrected chi connectivity index (χ2v) is 4.85. The minimum absolute atomic E-state index is 0.0597. The van der Waals surface area contributed by atoms with E-state index in [-0.39, 0.29) is 5.54 Å². The lowest BCUT2D eigenvalue weighted by Gasteiger charge is -2.52. The van der Waals surface area contributed by atoms with Gasteiger partial charge in [0.05, 0.1) is 0 Å². The summed E-state index contributed by atoms with van der Waals surface area (Å²) in [5, 5.41) is 3.63. The molecule has 0 saturated carbocycles. The molecular formula is C16H26N2. The van der Waals surface area contributed by atoms with Crippen LogP contribution in [0.2, 0.25) is 0 Å². The fraction of sp³-hybridized carbons (Fsp3) is 0.500. The van der Waals surface area contributed by atoms with E-state index in [1.165, 1.54) is 0 Å². The maximum absolute atomic E-state index is 3.93. The summed E-state index contributed by atoms with van der Waals surface area (Å²) in [6.45, 7) is 18.6. The lowest BCUT2D eigenvalue weighted by molar-refractivity contribution is 0.0340. The quantitative estimate of drug-likeness (QED) is 0.663. The van der Waals surface area contributed by atoms with Crippen molar-refractivity contribution in [2.45, 2.75) is 30.8 Å². The maximum atomic E-state index is 3.93. The molecular weight excluding hydrogens is 220 g/mol. The summed E-state index contributed by atoms with van der Waals surface area (Å²) in [4.78, 5) is 2.51. The molecule has 0 radical (unpaired) electrons. The van der Waals surface area contributed by atoms with Crippen LogP contribution in [0.15, 0.2) is 50.6 Å². The number of rotatable bonds is 8. The molecule has 0 aliphatic carbocycles. The number of nitrogens with one attached hydrogen (secondary N) is 1. The Morgan fingerprint density at radius 2 is 1.72 bits per heavy atom. The summed E-state index contributed by atoms with van der Waals surface area (Å²) < 4.78 is 0. The van der Waals surface area contributed by atoms with Crippen LogP contribution in [-0.2, 0) is 0 Å². The molecule has 1 aliphatic heterocycles. The first kappa shape index (κ1) is 14.9. The molecule has 0 amide bonds. The van der Waals surface area contributed by atoms with Crippen LogP contribution in [0.1, 0.15) is 19.3 Å². The Kier molecular flexibility index (Phi) is 6.10. The van der Waals surface area contributed by atoms with Crippen LogP contribution in [0.25, 0.3) is 0 Å². The zero-order valence-electron chi connectivity index (χ0n) is 11.4. The first-order valence-corrected chi connectivity index (χ1v) is 6.67. The summed E-state index contributed by atoms with van der Waals surface area (Å²) in [6, 6.07) is 0.403. The van der Waals surface area contributed by atoms with Crippen molar-refractivity contribution in [3.8, 4) is 0 Å². The van der Waals surface area contributed by atoms with Gasteiger partial charge >= 0.3 is 0 Å². The summed E-state index contributed by atoms with van der Waals surface area (Å²) in [5.74, 6) is 0. The molecule has 100 valence electrons. The van der Waals surface area contributed by atoms with Crippen molar-refractivity contribution in [3.63, 3.8) is 0 Å². The van der Waals surface area contributed by atoms with Crippen LogP contribution in [0, 0.1) is 0 Å². The van der Waals surface area contributed by atoms with Gasteiger partial charge in [-0.2, -0.15) is 0 Å². The highest BCUT2D eigenvalue weighted by Gasteiger charge is 2.43. The first-order chi connectivity index (χ1) is 8.75. The van der Waals surface area contributed by atoms with Gasteiger partial charge in [-0.1, -0.05) is 24.3 Å².